The van der Waals surface area contributed by atoms with E-state index in [2.05, 4.69) is 0 Å². The molecule has 132 valence electrons. The summed E-state index contributed by atoms with van der Waals surface area (Å²) in [6.07, 6.45) is 1.82. The number of aryl methyl sites for hydroxylation is 1. The molecular formula is C19H20ClNO4. The van der Waals surface area contributed by atoms with Gasteiger partial charge in [0.2, 0.25) is 0 Å². The second kappa shape index (κ2) is 7.23. The number of para-hydroxylation sites is 1. The molecule has 1 heterocycles. The van der Waals surface area contributed by atoms with Crippen LogP contribution in [0.4, 0.5) is 5.69 Å². The van der Waals surface area contributed by atoms with Crippen LogP contribution in [0.2, 0.25) is 5.02 Å². The number of nitrogens with zero attached hydrogens (tertiary/aromatic N) is 1. The van der Waals surface area contributed by atoms with E-state index in [9.17, 15) is 4.79 Å². The smallest absolute Gasteiger partial charge is 0.258 e. The number of benzene rings is 2. The van der Waals surface area contributed by atoms with Gasteiger partial charge in [0.25, 0.3) is 5.91 Å². The van der Waals surface area contributed by atoms with Crippen molar-refractivity contribution < 1.29 is 19.0 Å². The average molecular weight is 362 g/mol. The first-order valence-electron chi connectivity index (χ1n) is 8.00. The quantitative estimate of drug-likeness (QED) is 0.827. The first-order valence-corrected chi connectivity index (χ1v) is 8.37. The van der Waals surface area contributed by atoms with Crippen LogP contribution in [0, 0.1) is 0 Å². The van der Waals surface area contributed by atoms with Gasteiger partial charge >= 0.3 is 0 Å². The molecule has 1 amide bonds. The maximum Gasteiger partial charge on any atom is 0.258 e. The van der Waals surface area contributed by atoms with Gasteiger partial charge in [-0.2, -0.15) is 0 Å². The molecule has 0 bridgehead atoms. The molecule has 3 rings (SSSR count). The zero-order valence-corrected chi connectivity index (χ0v) is 15.2. The van der Waals surface area contributed by atoms with Gasteiger partial charge in [0.1, 0.15) is 5.75 Å². The lowest BCUT2D eigenvalue weighted by Crippen LogP contribution is -2.35. The number of anilines is 1. The molecule has 2 aromatic carbocycles. The van der Waals surface area contributed by atoms with Gasteiger partial charge in [0, 0.05) is 12.1 Å². The van der Waals surface area contributed by atoms with E-state index in [4.69, 9.17) is 25.8 Å². The Labute approximate surface area is 152 Å². The molecule has 0 fully saturated rings. The Hall–Kier alpha value is -2.40. The molecule has 2 aromatic rings. The van der Waals surface area contributed by atoms with Crippen molar-refractivity contribution in [2.75, 3.05) is 32.8 Å². The number of rotatable bonds is 4. The van der Waals surface area contributed by atoms with Gasteiger partial charge < -0.3 is 19.1 Å². The zero-order chi connectivity index (χ0) is 18.0. The van der Waals surface area contributed by atoms with Crippen molar-refractivity contribution >= 4 is 23.2 Å². The van der Waals surface area contributed by atoms with E-state index in [-0.39, 0.29) is 5.91 Å². The highest BCUT2D eigenvalue weighted by Crippen LogP contribution is 2.39. The fourth-order valence-corrected chi connectivity index (χ4v) is 3.47. The topological polar surface area (TPSA) is 48.0 Å². The highest BCUT2D eigenvalue weighted by molar-refractivity contribution is 6.32. The number of methoxy groups -OCH3 is 3. The fourth-order valence-electron chi connectivity index (χ4n) is 3.18. The summed E-state index contributed by atoms with van der Waals surface area (Å²) in [4.78, 5) is 14.9. The third-order valence-electron chi connectivity index (χ3n) is 4.33. The summed E-state index contributed by atoms with van der Waals surface area (Å²) < 4.78 is 16.0. The summed E-state index contributed by atoms with van der Waals surface area (Å²) >= 11 is 6.25. The lowest BCUT2D eigenvalue weighted by Gasteiger charge is -2.31. The number of ether oxygens (including phenoxy) is 3. The molecule has 6 heteroatoms. The molecule has 0 atom stereocenters. The van der Waals surface area contributed by atoms with Gasteiger partial charge in [-0.05, 0) is 36.6 Å². The average Bonchev–Trinajstić information content (AvgIpc) is 2.65. The highest BCUT2D eigenvalue weighted by Gasteiger charge is 2.28. The molecule has 0 N–H and O–H groups in total. The minimum Gasteiger partial charge on any atom is -0.495 e. The molecular weight excluding hydrogens is 342 g/mol. The number of carbonyl (C=O) groups is 1. The lowest BCUT2D eigenvalue weighted by atomic mass is 10.00. The van der Waals surface area contributed by atoms with Crippen molar-refractivity contribution in [1.29, 1.82) is 0 Å². The monoisotopic (exact) mass is 361 g/mol. The SMILES string of the molecule is COc1cc(C(=O)N2CCCc3cccc(OC)c32)cc(Cl)c1OC. The molecule has 0 unspecified atom stereocenters. The van der Waals surface area contributed by atoms with Crippen molar-refractivity contribution in [2.45, 2.75) is 12.8 Å². The number of amides is 1. The first kappa shape index (κ1) is 17.4. The third kappa shape index (κ3) is 3.12. The zero-order valence-electron chi connectivity index (χ0n) is 14.5. The van der Waals surface area contributed by atoms with Gasteiger partial charge in [-0.3, -0.25) is 4.79 Å². The second-order valence-electron chi connectivity index (χ2n) is 5.72. The Morgan fingerprint density at radius 1 is 1.08 bits per heavy atom. The molecule has 1 aliphatic rings. The predicted octanol–water partition coefficient (Wildman–Crippen LogP) is 3.96. The van der Waals surface area contributed by atoms with Crippen LogP contribution in [-0.2, 0) is 6.42 Å². The van der Waals surface area contributed by atoms with Crippen LogP contribution in [-0.4, -0.2) is 33.8 Å². The van der Waals surface area contributed by atoms with Crippen LogP contribution in [0.3, 0.4) is 0 Å². The second-order valence-corrected chi connectivity index (χ2v) is 6.13. The number of hydrogen-bond acceptors (Lipinski definition) is 4. The molecule has 0 aromatic heterocycles. The lowest BCUT2D eigenvalue weighted by molar-refractivity contribution is 0.0984. The normalized spacial score (nSPS) is 13.2. The fraction of sp³-hybridized carbons (Fsp3) is 0.316. The van der Waals surface area contributed by atoms with E-state index in [0.29, 0.717) is 34.4 Å². The molecule has 0 aliphatic carbocycles. The molecule has 25 heavy (non-hydrogen) atoms. The molecule has 0 spiro atoms. The summed E-state index contributed by atoms with van der Waals surface area (Å²) in [5.74, 6) is 1.39. The van der Waals surface area contributed by atoms with Crippen LogP contribution in [0.15, 0.2) is 30.3 Å². The Morgan fingerprint density at radius 3 is 2.52 bits per heavy atom. The van der Waals surface area contributed by atoms with Gasteiger partial charge in [-0.15, -0.1) is 0 Å². The van der Waals surface area contributed by atoms with Gasteiger partial charge in [-0.1, -0.05) is 23.7 Å². The van der Waals surface area contributed by atoms with Crippen molar-refractivity contribution in [3.05, 3.63) is 46.5 Å². The van der Waals surface area contributed by atoms with Crippen LogP contribution in [0.1, 0.15) is 22.3 Å². The van der Waals surface area contributed by atoms with E-state index in [1.54, 1.807) is 24.1 Å². The summed E-state index contributed by atoms with van der Waals surface area (Å²) in [6.45, 7) is 0.623. The van der Waals surface area contributed by atoms with Gasteiger partial charge in [-0.25, -0.2) is 0 Å². The largest absolute Gasteiger partial charge is 0.495 e. The van der Waals surface area contributed by atoms with Crippen LogP contribution < -0.4 is 19.1 Å². The van der Waals surface area contributed by atoms with E-state index in [1.165, 1.54) is 14.2 Å². The Balaban J connectivity index is 2.05. The van der Waals surface area contributed by atoms with Crippen LogP contribution >= 0.6 is 11.6 Å². The maximum atomic E-state index is 13.2. The van der Waals surface area contributed by atoms with Crippen molar-refractivity contribution in [3.63, 3.8) is 0 Å². The van der Waals surface area contributed by atoms with Crippen molar-refractivity contribution in [1.82, 2.24) is 0 Å². The number of halogens is 1. The van der Waals surface area contributed by atoms with Gasteiger partial charge in [0.05, 0.1) is 32.0 Å². The van der Waals surface area contributed by atoms with Crippen molar-refractivity contribution in [2.24, 2.45) is 0 Å². The summed E-state index contributed by atoms with van der Waals surface area (Å²) in [6, 6.07) is 9.09. The molecule has 0 saturated carbocycles. The van der Waals surface area contributed by atoms with Gasteiger partial charge in [0.15, 0.2) is 11.5 Å². The third-order valence-corrected chi connectivity index (χ3v) is 4.61. The molecule has 0 radical (unpaired) electrons. The minimum absolute atomic E-state index is 0.145. The Kier molecular flexibility index (Phi) is 5.04. The molecule has 1 aliphatic heterocycles. The standard InChI is InChI=1S/C19H20ClNO4/c1-23-15-8-4-6-12-7-5-9-21(17(12)15)19(22)13-10-14(20)18(25-3)16(11-13)24-2/h4,6,8,10-11H,5,7,9H2,1-3H3. The first-order chi connectivity index (χ1) is 12.1. The summed E-state index contributed by atoms with van der Waals surface area (Å²) in [7, 11) is 4.64. The number of hydrogen-bond donors (Lipinski definition) is 0. The van der Waals surface area contributed by atoms with Crippen molar-refractivity contribution in [3.8, 4) is 17.2 Å². The molecule has 5 nitrogen and oxygen atoms in total. The van der Waals surface area contributed by atoms with Crippen LogP contribution in [0.5, 0.6) is 17.2 Å². The van der Waals surface area contributed by atoms with Crippen LogP contribution in [0.25, 0.3) is 0 Å². The van der Waals surface area contributed by atoms with E-state index >= 15 is 0 Å². The van der Waals surface area contributed by atoms with E-state index in [1.807, 2.05) is 18.2 Å². The minimum atomic E-state index is -0.145. The molecule has 0 saturated heterocycles. The summed E-state index contributed by atoms with van der Waals surface area (Å²) in [5, 5.41) is 0.336. The van der Waals surface area contributed by atoms with E-state index in [0.717, 1.165) is 24.1 Å². The highest BCUT2D eigenvalue weighted by atomic mass is 35.5. The number of carbonyl (C=O) groups excluding carboxylic acids is 1. The Morgan fingerprint density at radius 2 is 1.84 bits per heavy atom. The number of fused-ring (bicyclic) bond motifs is 1. The Bertz CT molecular complexity index is 792. The predicted molar refractivity (Wildman–Crippen MR) is 97.5 cm³/mol. The summed E-state index contributed by atoms with van der Waals surface area (Å²) in [5.41, 5.74) is 2.37. The maximum absolute atomic E-state index is 13.2. The van der Waals surface area contributed by atoms with E-state index < -0.39 is 0 Å².